The highest BCUT2D eigenvalue weighted by atomic mass is 16.6. The van der Waals surface area contributed by atoms with Crippen LogP contribution in [-0.2, 0) is 16.6 Å². The fourth-order valence-electron chi connectivity index (χ4n) is 9.82. The Kier molecular flexibility index (Phi) is 4.08. The van der Waals surface area contributed by atoms with Crippen molar-refractivity contribution in [2.24, 2.45) is 22.7 Å². The Hall–Kier alpha value is -1.30. The van der Waals surface area contributed by atoms with Gasteiger partial charge in [-0.15, -0.1) is 0 Å². The molecule has 3 N–H and O–H groups in total. The van der Waals surface area contributed by atoms with Gasteiger partial charge in [0.25, 0.3) is 0 Å². The number of piperidine rings is 1. The fourth-order valence-corrected chi connectivity index (χ4v) is 9.82. The van der Waals surface area contributed by atoms with Crippen molar-refractivity contribution in [3.05, 3.63) is 23.3 Å². The van der Waals surface area contributed by atoms with E-state index in [2.05, 4.69) is 26.8 Å². The summed E-state index contributed by atoms with van der Waals surface area (Å²) in [6.45, 7) is 11.0. The van der Waals surface area contributed by atoms with Crippen LogP contribution < -0.4 is 9.64 Å². The van der Waals surface area contributed by atoms with Crippen LogP contribution in [0.1, 0.15) is 77.3 Å². The number of nitrogens with one attached hydrogen (secondary N) is 1. The van der Waals surface area contributed by atoms with Gasteiger partial charge in [-0.2, -0.15) is 0 Å². The maximum Gasteiger partial charge on any atom is 0.165 e. The molecule has 0 aromatic heterocycles. The summed E-state index contributed by atoms with van der Waals surface area (Å²) in [4.78, 5) is 1.79. The molecule has 5 fully saturated rings. The van der Waals surface area contributed by atoms with Crippen LogP contribution in [0.15, 0.2) is 12.1 Å². The minimum Gasteiger partial charge on any atom is -0.504 e. The number of rotatable bonds is 4. The number of aromatic hydroxyl groups is 1. The third kappa shape index (κ3) is 2.25. The topological polar surface area (TPSA) is 63.4 Å². The number of phenols is 1. The third-order valence-electron chi connectivity index (χ3n) is 12.1. The summed E-state index contributed by atoms with van der Waals surface area (Å²) in [7, 11) is 1.83. The zero-order valence-electron chi connectivity index (χ0n) is 21.5. The quantitative estimate of drug-likeness (QED) is 0.636. The largest absolute Gasteiger partial charge is 0.504 e. The van der Waals surface area contributed by atoms with Crippen molar-refractivity contribution >= 4 is 0 Å². The van der Waals surface area contributed by atoms with Crippen LogP contribution in [0, 0.1) is 22.7 Å². The third-order valence-corrected chi connectivity index (χ3v) is 12.1. The highest BCUT2D eigenvalue weighted by molar-refractivity contribution is 5.63. The number of phenolic OH excluding ortho intramolecular Hbond substituents is 1. The van der Waals surface area contributed by atoms with E-state index in [-0.39, 0.29) is 34.0 Å². The second-order valence-electron chi connectivity index (χ2n) is 13.9. The SMILES string of the molecule is COC12CC[C@@]3(C[C@@H]1[C@@](C)(O)C(C)(C)C)[C@H]1Cc4ccc(O)c5c4[C@@]3(CC[NH+]1CC1CC1)[C@H]2O5. The van der Waals surface area contributed by atoms with E-state index < -0.39 is 11.2 Å². The van der Waals surface area contributed by atoms with E-state index in [9.17, 15) is 10.2 Å². The zero-order chi connectivity index (χ0) is 23.9. The number of fused-ring (bicyclic) bond motifs is 2. The lowest BCUT2D eigenvalue weighted by molar-refractivity contribution is -0.945. The predicted molar refractivity (Wildman–Crippen MR) is 129 cm³/mol. The molecule has 2 heterocycles. The molecule has 2 unspecified atom stereocenters. The minimum atomic E-state index is -0.899. The molecule has 1 aromatic carbocycles. The number of hydrogen-bond donors (Lipinski definition) is 3. The highest BCUT2D eigenvalue weighted by Crippen LogP contribution is 2.76. The first-order chi connectivity index (χ1) is 16.0. The maximum atomic E-state index is 12.2. The van der Waals surface area contributed by atoms with Gasteiger partial charge in [0, 0.05) is 42.8 Å². The summed E-state index contributed by atoms with van der Waals surface area (Å²) in [6.07, 6.45) is 7.82. The summed E-state index contributed by atoms with van der Waals surface area (Å²) in [5.41, 5.74) is 0.900. The summed E-state index contributed by atoms with van der Waals surface area (Å²) in [6, 6.07) is 4.57. The van der Waals surface area contributed by atoms with Gasteiger partial charge in [0.05, 0.1) is 30.1 Å². The maximum absolute atomic E-state index is 12.2. The average Bonchev–Trinajstić information content (AvgIpc) is 3.53. The summed E-state index contributed by atoms with van der Waals surface area (Å²) in [5.74, 6) is 1.87. The minimum absolute atomic E-state index is 0.0161. The monoisotopic (exact) mass is 468 g/mol. The van der Waals surface area contributed by atoms with E-state index in [0.717, 1.165) is 43.8 Å². The second kappa shape index (κ2) is 6.33. The molecule has 4 saturated carbocycles. The van der Waals surface area contributed by atoms with Crippen molar-refractivity contribution in [3.63, 3.8) is 0 Å². The Balaban J connectivity index is 1.47. The van der Waals surface area contributed by atoms with Gasteiger partial charge in [-0.25, -0.2) is 0 Å². The van der Waals surface area contributed by atoms with Gasteiger partial charge in [0.2, 0.25) is 0 Å². The molecule has 186 valence electrons. The number of ether oxygens (including phenoxy) is 2. The smallest absolute Gasteiger partial charge is 0.165 e. The molecule has 5 aliphatic carbocycles. The van der Waals surface area contributed by atoms with E-state index in [1.807, 2.05) is 20.1 Å². The molecule has 5 heteroatoms. The first-order valence-corrected chi connectivity index (χ1v) is 13.7. The molecule has 7 aliphatic rings. The number of quaternary nitrogens is 1. The molecule has 34 heavy (non-hydrogen) atoms. The van der Waals surface area contributed by atoms with E-state index in [1.54, 1.807) is 4.90 Å². The molecule has 5 nitrogen and oxygen atoms in total. The van der Waals surface area contributed by atoms with Gasteiger partial charge in [0.15, 0.2) is 11.5 Å². The lowest BCUT2D eigenvalue weighted by Crippen LogP contribution is -3.21. The van der Waals surface area contributed by atoms with Gasteiger partial charge in [-0.1, -0.05) is 26.8 Å². The molecular weight excluding hydrogens is 426 g/mol. The van der Waals surface area contributed by atoms with Crippen LogP contribution in [0.3, 0.4) is 0 Å². The second-order valence-corrected chi connectivity index (χ2v) is 13.9. The molecule has 4 bridgehead atoms. The Morgan fingerprint density at radius 1 is 1.15 bits per heavy atom. The van der Waals surface area contributed by atoms with Crippen LogP contribution in [0.25, 0.3) is 0 Å². The normalized spacial score (nSPS) is 45.5. The highest BCUT2D eigenvalue weighted by Gasteiger charge is 2.83. The molecule has 2 spiro atoms. The van der Waals surface area contributed by atoms with Crippen LogP contribution >= 0.6 is 0 Å². The molecular formula is C29H42NO4+. The molecule has 2 aliphatic heterocycles. The number of hydrogen-bond acceptors (Lipinski definition) is 4. The van der Waals surface area contributed by atoms with E-state index >= 15 is 0 Å². The van der Waals surface area contributed by atoms with Crippen molar-refractivity contribution in [2.75, 3.05) is 20.2 Å². The van der Waals surface area contributed by atoms with Crippen LogP contribution in [0.4, 0.5) is 0 Å². The van der Waals surface area contributed by atoms with Gasteiger partial charge < -0.3 is 24.6 Å². The number of benzene rings is 1. The molecule has 8 atom stereocenters. The van der Waals surface area contributed by atoms with E-state index in [1.165, 1.54) is 37.1 Å². The van der Waals surface area contributed by atoms with Gasteiger partial charge >= 0.3 is 0 Å². The molecule has 0 amide bonds. The Morgan fingerprint density at radius 3 is 2.59 bits per heavy atom. The Bertz CT molecular complexity index is 1060. The lowest BCUT2D eigenvalue weighted by Gasteiger charge is -2.74. The lowest BCUT2D eigenvalue weighted by atomic mass is 9.33. The van der Waals surface area contributed by atoms with Crippen molar-refractivity contribution in [3.8, 4) is 11.5 Å². The van der Waals surface area contributed by atoms with Crippen molar-refractivity contribution in [2.45, 2.75) is 101 Å². The summed E-state index contributed by atoms with van der Waals surface area (Å²) in [5, 5.41) is 23.2. The zero-order valence-corrected chi connectivity index (χ0v) is 21.5. The van der Waals surface area contributed by atoms with Crippen LogP contribution in [0.5, 0.6) is 11.5 Å². The standard InChI is InChI=1S/C29H41NO4/c1-25(2,3)26(4,32)20-15-27-10-11-29(20,33-5)24-28(27)12-13-30(16-17-6-7-17)21(27)14-18-8-9-19(31)23(34-24)22(18)28/h8-9,17,20-21,24,31-32H,6-7,10-16H2,1-5H3/p+1/t20-,21-,24-,26-,27-,28+,29?/m1/s1. The van der Waals surface area contributed by atoms with Crippen molar-refractivity contribution in [1.82, 2.24) is 0 Å². The molecule has 1 saturated heterocycles. The first-order valence-electron chi connectivity index (χ1n) is 13.7. The Morgan fingerprint density at radius 2 is 1.91 bits per heavy atom. The summed E-state index contributed by atoms with van der Waals surface area (Å²) < 4.78 is 13.5. The summed E-state index contributed by atoms with van der Waals surface area (Å²) >= 11 is 0. The van der Waals surface area contributed by atoms with E-state index in [4.69, 9.17) is 9.47 Å². The molecule has 1 aromatic rings. The first kappa shape index (κ1) is 21.9. The fraction of sp³-hybridized carbons (Fsp3) is 0.793. The van der Waals surface area contributed by atoms with Crippen LogP contribution in [-0.4, -0.2) is 53.8 Å². The van der Waals surface area contributed by atoms with E-state index in [0.29, 0.717) is 6.04 Å². The average molecular weight is 469 g/mol. The number of aliphatic hydroxyl groups is 1. The number of methoxy groups -OCH3 is 1. The van der Waals surface area contributed by atoms with Crippen molar-refractivity contribution in [1.29, 1.82) is 0 Å². The predicted octanol–water partition coefficient (Wildman–Crippen LogP) is 3.00. The van der Waals surface area contributed by atoms with Gasteiger partial charge in [-0.3, -0.25) is 0 Å². The Labute approximate surface area is 203 Å². The molecule has 8 rings (SSSR count). The number of likely N-dealkylation sites (tertiary alicyclic amines) is 1. The van der Waals surface area contributed by atoms with Gasteiger partial charge in [0.1, 0.15) is 11.7 Å². The van der Waals surface area contributed by atoms with Crippen molar-refractivity contribution < 1.29 is 24.6 Å². The van der Waals surface area contributed by atoms with Gasteiger partial charge in [-0.05, 0) is 56.1 Å². The molecule has 0 radical (unpaired) electrons. The van der Waals surface area contributed by atoms with Crippen LogP contribution in [0.2, 0.25) is 0 Å².